The Morgan fingerprint density at radius 2 is 2.17 bits per heavy atom. The van der Waals surface area contributed by atoms with Gasteiger partial charge >= 0.3 is 5.97 Å². The van der Waals surface area contributed by atoms with E-state index in [0.29, 0.717) is 5.70 Å². The van der Waals surface area contributed by atoms with Crippen molar-refractivity contribution in [3.63, 3.8) is 0 Å². The van der Waals surface area contributed by atoms with Crippen molar-refractivity contribution in [1.29, 1.82) is 0 Å². The predicted molar refractivity (Wildman–Crippen MR) is 71.7 cm³/mol. The van der Waals surface area contributed by atoms with Crippen molar-refractivity contribution in [2.45, 2.75) is 39.3 Å². The van der Waals surface area contributed by atoms with Gasteiger partial charge in [-0.15, -0.1) is 0 Å². The average molecular weight is 245 g/mol. The lowest BCUT2D eigenvalue weighted by Gasteiger charge is -2.05. The molecular weight excluding hydrogens is 226 g/mol. The SMILES string of the molecule is CCCCc1ccccc1/C=C1\NC(C)OC1=O. The molecule has 96 valence electrons. The highest BCUT2D eigenvalue weighted by atomic mass is 16.6. The van der Waals surface area contributed by atoms with Crippen molar-refractivity contribution in [1.82, 2.24) is 5.32 Å². The van der Waals surface area contributed by atoms with Gasteiger partial charge in [-0.05, 0) is 37.0 Å². The highest BCUT2D eigenvalue weighted by molar-refractivity contribution is 5.94. The molecule has 3 nitrogen and oxygen atoms in total. The molecule has 0 radical (unpaired) electrons. The molecule has 2 rings (SSSR count). The Bertz CT molecular complexity index is 465. The maximum atomic E-state index is 11.6. The smallest absolute Gasteiger partial charge is 0.356 e. The fourth-order valence-corrected chi connectivity index (χ4v) is 2.06. The highest BCUT2D eigenvalue weighted by Gasteiger charge is 2.24. The van der Waals surface area contributed by atoms with Crippen LogP contribution in [0, 0.1) is 0 Å². The summed E-state index contributed by atoms with van der Waals surface area (Å²) in [5.74, 6) is -0.271. The van der Waals surface area contributed by atoms with Crippen molar-refractivity contribution in [2.75, 3.05) is 0 Å². The van der Waals surface area contributed by atoms with Crippen molar-refractivity contribution in [3.8, 4) is 0 Å². The number of hydrogen-bond acceptors (Lipinski definition) is 3. The first-order valence-corrected chi connectivity index (χ1v) is 6.48. The molecule has 1 fully saturated rings. The maximum Gasteiger partial charge on any atom is 0.356 e. The molecule has 0 saturated carbocycles. The van der Waals surface area contributed by atoms with Crippen LogP contribution in [0.4, 0.5) is 0 Å². The first kappa shape index (κ1) is 12.7. The Morgan fingerprint density at radius 3 is 2.83 bits per heavy atom. The summed E-state index contributed by atoms with van der Waals surface area (Å²) in [5.41, 5.74) is 2.92. The van der Waals surface area contributed by atoms with Gasteiger partial charge in [0.05, 0.1) is 0 Å². The second-order valence-corrected chi connectivity index (χ2v) is 4.55. The van der Waals surface area contributed by atoms with Crippen molar-refractivity contribution in [2.24, 2.45) is 0 Å². The molecule has 1 saturated heterocycles. The number of carbonyl (C=O) groups excluding carboxylic acids is 1. The molecule has 0 aromatic heterocycles. The van der Waals surface area contributed by atoms with Gasteiger partial charge in [0, 0.05) is 0 Å². The van der Waals surface area contributed by atoms with Crippen LogP contribution in [0.15, 0.2) is 30.0 Å². The molecule has 1 aliphatic rings. The van der Waals surface area contributed by atoms with Crippen LogP contribution >= 0.6 is 0 Å². The lowest BCUT2D eigenvalue weighted by molar-refractivity contribution is -0.138. The number of benzene rings is 1. The third-order valence-corrected chi connectivity index (χ3v) is 3.02. The Morgan fingerprint density at radius 1 is 1.39 bits per heavy atom. The van der Waals surface area contributed by atoms with Gasteiger partial charge in [0.25, 0.3) is 0 Å². The number of unbranched alkanes of at least 4 members (excludes halogenated alkanes) is 1. The molecular formula is C15H19NO2. The Hall–Kier alpha value is -1.77. The summed E-state index contributed by atoms with van der Waals surface area (Å²) in [6, 6.07) is 8.18. The minimum atomic E-state index is -0.271. The van der Waals surface area contributed by atoms with Crippen molar-refractivity contribution < 1.29 is 9.53 Å². The minimum absolute atomic E-state index is 0.230. The van der Waals surface area contributed by atoms with E-state index < -0.39 is 0 Å². The number of esters is 1. The molecule has 1 unspecified atom stereocenters. The van der Waals surface area contributed by atoms with Crippen molar-refractivity contribution in [3.05, 3.63) is 41.1 Å². The van der Waals surface area contributed by atoms with Gasteiger partial charge in [-0.1, -0.05) is 37.6 Å². The number of hydrogen-bond donors (Lipinski definition) is 1. The third-order valence-electron chi connectivity index (χ3n) is 3.02. The molecule has 1 atom stereocenters. The number of cyclic esters (lactones) is 1. The van der Waals surface area contributed by atoms with Gasteiger partial charge in [-0.25, -0.2) is 4.79 Å². The van der Waals surface area contributed by atoms with Gasteiger partial charge in [0.1, 0.15) is 5.70 Å². The van der Waals surface area contributed by atoms with Crippen LogP contribution < -0.4 is 5.32 Å². The summed E-state index contributed by atoms with van der Waals surface area (Å²) in [4.78, 5) is 11.6. The van der Waals surface area contributed by atoms with Crippen LogP contribution in [-0.4, -0.2) is 12.2 Å². The predicted octanol–water partition coefficient (Wildman–Crippen LogP) is 2.86. The van der Waals surface area contributed by atoms with E-state index in [4.69, 9.17) is 4.74 Å². The molecule has 18 heavy (non-hydrogen) atoms. The van der Waals surface area contributed by atoms with E-state index in [1.165, 1.54) is 12.0 Å². The molecule has 0 amide bonds. The van der Waals surface area contributed by atoms with Gasteiger partial charge < -0.3 is 10.1 Å². The highest BCUT2D eigenvalue weighted by Crippen LogP contribution is 2.18. The summed E-state index contributed by atoms with van der Waals surface area (Å²) >= 11 is 0. The van der Waals surface area contributed by atoms with E-state index in [-0.39, 0.29) is 12.2 Å². The second-order valence-electron chi connectivity index (χ2n) is 4.55. The van der Waals surface area contributed by atoms with E-state index in [1.54, 1.807) is 0 Å². The zero-order chi connectivity index (χ0) is 13.0. The van der Waals surface area contributed by atoms with E-state index in [0.717, 1.165) is 18.4 Å². The molecule has 3 heteroatoms. The second kappa shape index (κ2) is 5.71. The zero-order valence-corrected chi connectivity index (χ0v) is 10.9. The lowest BCUT2D eigenvalue weighted by Crippen LogP contribution is -2.16. The summed E-state index contributed by atoms with van der Waals surface area (Å²) in [6.07, 6.45) is 5.03. The normalized spacial score (nSPS) is 20.9. The lowest BCUT2D eigenvalue weighted by atomic mass is 10.0. The summed E-state index contributed by atoms with van der Waals surface area (Å²) < 4.78 is 5.05. The van der Waals surface area contributed by atoms with Crippen molar-refractivity contribution >= 4 is 12.0 Å². The van der Waals surface area contributed by atoms with Gasteiger partial charge in [0.15, 0.2) is 6.23 Å². The Labute approximate surface area is 108 Å². The van der Waals surface area contributed by atoms with Crippen LogP contribution in [0.5, 0.6) is 0 Å². The Kier molecular flexibility index (Phi) is 4.03. The summed E-state index contributed by atoms with van der Waals surface area (Å²) in [6.45, 7) is 4.00. The fraction of sp³-hybridized carbons (Fsp3) is 0.400. The van der Waals surface area contributed by atoms with Crippen LogP contribution in [0.1, 0.15) is 37.8 Å². The van der Waals surface area contributed by atoms with Gasteiger partial charge in [-0.2, -0.15) is 0 Å². The number of aryl methyl sites for hydroxylation is 1. The molecule has 0 aliphatic carbocycles. The number of nitrogens with one attached hydrogen (secondary N) is 1. The molecule has 0 spiro atoms. The number of ether oxygens (including phenoxy) is 1. The van der Waals surface area contributed by atoms with Gasteiger partial charge in [-0.3, -0.25) is 0 Å². The third kappa shape index (κ3) is 2.92. The molecule has 0 bridgehead atoms. The molecule has 1 N–H and O–H groups in total. The first-order valence-electron chi connectivity index (χ1n) is 6.48. The van der Waals surface area contributed by atoms with Crippen LogP contribution in [0.3, 0.4) is 0 Å². The molecule has 1 heterocycles. The molecule has 1 aromatic rings. The molecule has 1 aromatic carbocycles. The van der Waals surface area contributed by atoms with E-state index >= 15 is 0 Å². The van der Waals surface area contributed by atoms with Crippen LogP contribution in [0.2, 0.25) is 0 Å². The fourth-order valence-electron chi connectivity index (χ4n) is 2.06. The number of rotatable bonds is 4. The monoisotopic (exact) mass is 245 g/mol. The summed E-state index contributed by atoms with van der Waals surface area (Å²) in [7, 11) is 0. The van der Waals surface area contributed by atoms with Crippen LogP contribution in [-0.2, 0) is 16.0 Å². The van der Waals surface area contributed by atoms with E-state index in [1.807, 2.05) is 31.2 Å². The van der Waals surface area contributed by atoms with E-state index in [2.05, 4.69) is 18.3 Å². The first-order chi connectivity index (χ1) is 8.70. The quantitative estimate of drug-likeness (QED) is 0.655. The minimum Gasteiger partial charge on any atom is -0.437 e. The van der Waals surface area contributed by atoms with E-state index in [9.17, 15) is 4.79 Å². The number of carbonyl (C=O) groups is 1. The largest absolute Gasteiger partial charge is 0.437 e. The topological polar surface area (TPSA) is 38.3 Å². The van der Waals surface area contributed by atoms with Gasteiger partial charge in [0.2, 0.25) is 0 Å². The standard InChI is InChI=1S/C15H19NO2/c1-3-4-7-12-8-5-6-9-13(12)10-14-15(17)18-11(2)16-14/h5-6,8-11,16H,3-4,7H2,1-2H3/b14-10-. The average Bonchev–Trinajstić information content (AvgIpc) is 2.67. The maximum absolute atomic E-state index is 11.6. The zero-order valence-electron chi connectivity index (χ0n) is 10.9. The van der Waals surface area contributed by atoms with Crippen LogP contribution in [0.25, 0.3) is 6.08 Å². The summed E-state index contributed by atoms with van der Waals surface area (Å²) in [5, 5.41) is 3.02. The Balaban J connectivity index is 2.23. The molecule has 1 aliphatic heterocycles.